The molecular weight excluding hydrogens is 156 g/mol. The molecule has 0 aromatic heterocycles. The Hall–Kier alpha value is -1.12. The van der Waals surface area contributed by atoms with Gasteiger partial charge in [-0.2, -0.15) is 0 Å². The number of hydrogen-bond acceptors (Lipinski definition) is 3. The highest BCUT2D eigenvalue weighted by atomic mass is 16.4. The van der Waals surface area contributed by atoms with E-state index in [1.54, 1.807) is 6.92 Å². The van der Waals surface area contributed by atoms with Crippen molar-refractivity contribution in [1.29, 1.82) is 0 Å². The van der Waals surface area contributed by atoms with Gasteiger partial charge < -0.3 is 14.7 Å². The third kappa shape index (κ3) is 11.6. The second-order valence-electron chi connectivity index (χ2n) is 2.48. The number of rotatable bonds is 3. The predicted molar refractivity (Wildman–Crippen MR) is 45.3 cm³/mol. The zero-order valence-electron chi connectivity index (χ0n) is 7.79. The Morgan fingerprint density at radius 1 is 1.50 bits per heavy atom. The van der Waals surface area contributed by atoms with Gasteiger partial charge in [-0.15, -0.1) is 6.58 Å². The Kier molecular flexibility index (Phi) is 8.96. The minimum atomic E-state index is -1.04. The van der Waals surface area contributed by atoms with E-state index in [1.165, 1.54) is 19.9 Å². The average molecular weight is 171 g/mol. The normalized spacial score (nSPS) is 10.6. The van der Waals surface area contributed by atoms with Crippen LogP contribution in [0.25, 0.3) is 0 Å². The molecule has 3 nitrogen and oxygen atoms in total. The summed E-state index contributed by atoms with van der Waals surface area (Å²) in [4.78, 5) is 19.4. The molecule has 0 bridgehead atoms. The van der Waals surface area contributed by atoms with Crippen LogP contribution >= 0.6 is 0 Å². The maximum absolute atomic E-state index is 9.98. The lowest BCUT2D eigenvalue weighted by atomic mass is 10.1. The number of carbonyl (C=O) groups is 2. The number of carboxylic acids is 1. The van der Waals surface area contributed by atoms with E-state index in [4.69, 9.17) is 0 Å². The highest BCUT2D eigenvalue weighted by Crippen LogP contribution is 1.99. The summed E-state index contributed by atoms with van der Waals surface area (Å²) in [5.74, 6) is -1.35. The molecular formula is C9H15O3-. The van der Waals surface area contributed by atoms with Gasteiger partial charge in [0.15, 0.2) is 0 Å². The molecule has 0 N–H and O–H groups in total. The molecule has 0 fully saturated rings. The number of ketones is 1. The van der Waals surface area contributed by atoms with E-state index in [9.17, 15) is 14.7 Å². The van der Waals surface area contributed by atoms with Crippen molar-refractivity contribution in [2.24, 2.45) is 5.92 Å². The second-order valence-corrected chi connectivity index (χ2v) is 2.48. The number of carbonyl (C=O) groups excluding carboxylic acids is 2. The van der Waals surface area contributed by atoms with Crippen LogP contribution in [0.3, 0.4) is 0 Å². The van der Waals surface area contributed by atoms with Crippen molar-refractivity contribution in [2.45, 2.75) is 27.2 Å². The summed E-state index contributed by atoms with van der Waals surface area (Å²) < 4.78 is 0. The van der Waals surface area contributed by atoms with E-state index in [0.717, 1.165) is 0 Å². The highest BCUT2D eigenvalue weighted by molar-refractivity contribution is 5.72. The summed E-state index contributed by atoms with van der Waals surface area (Å²) >= 11 is 0. The molecule has 0 rings (SSSR count). The fourth-order valence-corrected chi connectivity index (χ4v) is 0.430. The maximum atomic E-state index is 9.98. The minimum Gasteiger partial charge on any atom is -0.550 e. The fourth-order valence-electron chi connectivity index (χ4n) is 0.430. The van der Waals surface area contributed by atoms with Crippen molar-refractivity contribution in [3.63, 3.8) is 0 Å². The first kappa shape index (κ1) is 13.5. The molecule has 0 heterocycles. The first-order valence-electron chi connectivity index (χ1n) is 3.76. The van der Waals surface area contributed by atoms with Gasteiger partial charge in [0, 0.05) is 11.9 Å². The number of aliphatic carboxylic acids is 1. The van der Waals surface area contributed by atoms with Crippen LogP contribution in [-0.4, -0.2) is 11.8 Å². The van der Waals surface area contributed by atoms with E-state index in [0.29, 0.717) is 6.42 Å². The number of carboxylic acid groups (broad SMARTS) is 1. The first-order valence-corrected chi connectivity index (χ1v) is 3.76. The van der Waals surface area contributed by atoms with Gasteiger partial charge in [-0.1, -0.05) is 13.0 Å². The lowest BCUT2D eigenvalue weighted by molar-refractivity contribution is -0.309. The Balaban J connectivity index is 0. The quantitative estimate of drug-likeness (QED) is 0.582. The van der Waals surface area contributed by atoms with Crippen molar-refractivity contribution < 1.29 is 14.7 Å². The molecule has 12 heavy (non-hydrogen) atoms. The molecule has 0 aliphatic rings. The van der Waals surface area contributed by atoms with Crippen molar-refractivity contribution >= 4 is 11.8 Å². The van der Waals surface area contributed by atoms with Gasteiger partial charge in [0.25, 0.3) is 0 Å². The van der Waals surface area contributed by atoms with Gasteiger partial charge in [-0.3, -0.25) is 0 Å². The Morgan fingerprint density at radius 2 is 1.83 bits per heavy atom. The SMILES string of the molecule is C=CC(CC)C(=O)[O-].CC(C)=O. The zero-order valence-corrected chi connectivity index (χ0v) is 7.79. The Bertz CT molecular complexity index is 157. The molecule has 0 saturated carbocycles. The summed E-state index contributed by atoms with van der Waals surface area (Å²) in [6.07, 6.45) is 1.95. The summed E-state index contributed by atoms with van der Waals surface area (Å²) in [5, 5.41) is 9.98. The highest BCUT2D eigenvalue weighted by Gasteiger charge is 1.98. The molecule has 70 valence electrons. The summed E-state index contributed by atoms with van der Waals surface area (Å²) in [5.41, 5.74) is 0. The predicted octanol–water partition coefficient (Wildman–Crippen LogP) is 0.544. The van der Waals surface area contributed by atoms with Gasteiger partial charge in [0.1, 0.15) is 5.78 Å². The first-order chi connectivity index (χ1) is 5.45. The minimum absolute atomic E-state index is 0.167. The van der Waals surface area contributed by atoms with Crippen LogP contribution in [0.2, 0.25) is 0 Å². The smallest absolute Gasteiger partial charge is 0.126 e. The maximum Gasteiger partial charge on any atom is 0.126 e. The second kappa shape index (κ2) is 7.98. The van der Waals surface area contributed by atoms with E-state index in [-0.39, 0.29) is 5.78 Å². The number of Topliss-reactive ketones (excluding diaryl/α,β-unsaturated/α-hetero) is 1. The van der Waals surface area contributed by atoms with Crippen LogP contribution in [-0.2, 0) is 9.59 Å². The largest absolute Gasteiger partial charge is 0.550 e. The molecule has 0 aromatic carbocycles. The van der Waals surface area contributed by atoms with Crippen molar-refractivity contribution in [1.82, 2.24) is 0 Å². The third-order valence-electron chi connectivity index (χ3n) is 1.03. The molecule has 0 saturated heterocycles. The average Bonchev–Trinajstić information content (AvgIpc) is 1.87. The number of hydrogen-bond donors (Lipinski definition) is 0. The van der Waals surface area contributed by atoms with Gasteiger partial charge in [0.05, 0.1) is 0 Å². The van der Waals surface area contributed by atoms with Crippen LogP contribution in [0.1, 0.15) is 27.2 Å². The van der Waals surface area contributed by atoms with E-state index < -0.39 is 11.9 Å². The topological polar surface area (TPSA) is 57.2 Å². The molecule has 0 amide bonds. The lowest BCUT2D eigenvalue weighted by Gasteiger charge is -2.08. The van der Waals surface area contributed by atoms with Crippen molar-refractivity contribution in [3.8, 4) is 0 Å². The monoisotopic (exact) mass is 171 g/mol. The summed E-state index contributed by atoms with van der Waals surface area (Å²) in [6, 6.07) is 0. The Morgan fingerprint density at radius 3 is 1.83 bits per heavy atom. The van der Waals surface area contributed by atoms with Crippen LogP contribution in [0.15, 0.2) is 12.7 Å². The summed E-state index contributed by atoms with van der Waals surface area (Å²) in [7, 11) is 0. The van der Waals surface area contributed by atoms with Crippen LogP contribution in [0.4, 0.5) is 0 Å². The molecule has 3 heteroatoms. The fraction of sp³-hybridized carbons (Fsp3) is 0.556. The molecule has 0 radical (unpaired) electrons. The molecule has 0 aliphatic heterocycles. The van der Waals surface area contributed by atoms with Gasteiger partial charge in [-0.25, -0.2) is 0 Å². The van der Waals surface area contributed by atoms with Gasteiger partial charge in [0.2, 0.25) is 0 Å². The lowest BCUT2D eigenvalue weighted by Crippen LogP contribution is -2.29. The molecule has 1 unspecified atom stereocenters. The van der Waals surface area contributed by atoms with Gasteiger partial charge >= 0.3 is 0 Å². The van der Waals surface area contributed by atoms with Gasteiger partial charge in [-0.05, 0) is 20.3 Å². The third-order valence-corrected chi connectivity index (χ3v) is 1.03. The summed E-state index contributed by atoms with van der Waals surface area (Å²) in [6.45, 7) is 8.17. The molecule has 0 spiro atoms. The zero-order chi connectivity index (χ0) is 10.1. The van der Waals surface area contributed by atoms with Crippen LogP contribution in [0.5, 0.6) is 0 Å². The van der Waals surface area contributed by atoms with E-state index in [2.05, 4.69) is 6.58 Å². The molecule has 0 aliphatic carbocycles. The Labute approximate surface area is 73.1 Å². The molecule has 0 aromatic rings. The van der Waals surface area contributed by atoms with Crippen LogP contribution < -0.4 is 5.11 Å². The van der Waals surface area contributed by atoms with E-state index >= 15 is 0 Å². The standard InChI is InChI=1S/C6H10O2.C3H6O/c1-3-5(4-2)6(7)8;1-3(2)4/h3,5H,1,4H2,2H3,(H,7,8);1-2H3/p-1. The molecule has 1 atom stereocenters. The van der Waals surface area contributed by atoms with E-state index in [1.807, 2.05) is 0 Å². The van der Waals surface area contributed by atoms with Crippen molar-refractivity contribution in [3.05, 3.63) is 12.7 Å². The van der Waals surface area contributed by atoms with Crippen molar-refractivity contribution in [2.75, 3.05) is 0 Å². The van der Waals surface area contributed by atoms with Crippen LogP contribution in [0, 0.1) is 5.92 Å².